The van der Waals surface area contributed by atoms with Gasteiger partial charge >= 0.3 is 0 Å². The van der Waals surface area contributed by atoms with E-state index in [0.717, 1.165) is 49.9 Å². The van der Waals surface area contributed by atoms with E-state index in [1.165, 1.54) is 5.56 Å². The van der Waals surface area contributed by atoms with Gasteiger partial charge in [-0.15, -0.1) is 0 Å². The van der Waals surface area contributed by atoms with Crippen LogP contribution in [0.2, 0.25) is 0 Å². The maximum Gasteiger partial charge on any atom is 0.138 e. The Hall–Kier alpha value is -2.30. The highest BCUT2D eigenvalue weighted by Gasteiger charge is 2.21. The summed E-state index contributed by atoms with van der Waals surface area (Å²) in [5, 5.41) is 9.99. The minimum Gasteiger partial charge on any atom is -0.506 e. The van der Waals surface area contributed by atoms with Crippen LogP contribution in [0.5, 0.6) is 5.75 Å². The molecule has 1 aliphatic rings. The molecule has 5 heteroatoms. The summed E-state index contributed by atoms with van der Waals surface area (Å²) >= 11 is 0. The molecule has 0 amide bonds. The maximum atomic E-state index is 9.99. The Balaban J connectivity index is 1.75. The topological polar surface area (TPSA) is 52.5 Å². The van der Waals surface area contributed by atoms with Crippen LogP contribution in [0.4, 0.5) is 11.5 Å². The van der Waals surface area contributed by atoms with Gasteiger partial charge in [0.15, 0.2) is 0 Å². The van der Waals surface area contributed by atoms with Gasteiger partial charge in [-0.25, -0.2) is 9.97 Å². The van der Waals surface area contributed by atoms with Gasteiger partial charge in [0.2, 0.25) is 0 Å². The minimum absolute atomic E-state index is 0.350. The molecule has 0 atom stereocenters. The van der Waals surface area contributed by atoms with Gasteiger partial charge in [0.25, 0.3) is 0 Å². The van der Waals surface area contributed by atoms with E-state index in [9.17, 15) is 5.11 Å². The SMILES string of the molecule is CCc1cnc(C)nc1N1CCN(c2ccccc2O)CC1. The van der Waals surface area contributed by atoms with Crippen LogP contribution in [0.25, 0.3) is 0 Å². The molecule has 2 heterocycles. The van der Waals surface area contributed by atoms with E-state index in [1.54, 1.807) is 6.07 Å². The summed E-state index contributed by atoms with van der Waals surface area (Å²) in [4.78, 5) is 13.5. The summed E-state index contributed by atoms with van der Waals surface area (Å²) in [5.41, 5.74) is 2.11. The zero-order chi connectivity index (χ0) is 15.5. The molecule has 0 aliphatic carbocycles. The van der Waals surface area contributed by atoms with E-state index in [0.29, 0.717) is 5.75 Å². The van der Waals surface area contributed by atoms with Crippen molar-refractivity contribution < 1.29 is 5.11 Å². The van der Waals surface area contributed by atoms with Crippen molar-refractivity contribution in [2.45, 2.75) is 20.3 Å². The van der Waals surface area contributed by atoms with Gasteiger partial charge in [-0.05, 0) is 25.5 Å². The van der Waals surface area contributed by atoms with Crippen molar-refractivity contribution in [3.05, 3.63) is 41.9 Å². The van der Waals surface area contributed by atoms with Gasteiger partial charge in [0.1, 0.15) is 17.4 Å². The van der Waals surface area contributed by atoms with Crippen molar-refractivity contribution in [3.63, 3.8) is 0 Å². The molecule has 0 saturated carbocycles. The third kappa shape index (κ3) is 2.84. The second-order valence-corrected chi connectivity index (χ2v) is 5.58. The number of piperazine rings is 1. The minimum atomic E-state index is 0.350. The standard InChI is InChI=1S/C17H22N4O/c1-3-14-12-18-13(2)19-17(14)21-10-8-20(9-11-21)15-6-4-5-7-16(15)22/h4-7,12,22H,3,8-11H2,1-2H3. The monoisotopic (exact) mass is 298 g/mol. The van der Waals surface area contributed by atoms with Crippen molar-refractivity contribution >= 4 is 11.5 Å². The number of hydrogen-bond acceptors (Lipinski definition) is 5. The van der Waals surface area contributed by atoms with Gasteiger partial charge in [-0.1, -0.05) is 19.1 Å². The fraction of sp³-hybridized carbons (Fsp3) is 0.412. The number of rotatable bonds is 3. The van der Waals surface area contributed by atoms with Crippen LogP contribution in [-0.4, -0.2) is 41.3 Å². The number of hydrogen-bond donors (Lipinski definition) is 1. The van der Waals surface area contributed by atoms with Crippen LogP contribution >= 0.6 is 0 Å². The third-order valence-corrected chi connectivity index (χ3v) is 4.14. The molecular weight excluding hydrogens is 276 g/mol. The van der Waals surface area contributed by atoms with E-state index in [1.807, 2.05) is 31.3 Å². The second-order valence-electron chi connectivity index (χ2n) is 5.58. The Bertz CT molecular complexity index is 651. The normalized spacial score (nSPS) is 15.2. The summed E-state index contributed by atoms with van der Waals surface area (Å²) in [6.07, 6.45) is 2.88. The zero-order valence-electron chi connectivity index (χ0n) is 13.2. The van der Waals surface area contributed by atoms with E-state index >= 15 is 0 Å². The van der Waals surface area contributed by atoms with Crippen molar-refractivity contribution in [3.8, 4) is 5.75 Å². The molecule has 22 heavy (non-hydrogen) atoms. The number of benzene rings is 1. The molecule has 1 aliphatic heterocycles. The second kappa shape index (κ2) is 6.22. The van der Waals surface area contributed by atoms with E-state index in [4.69, 9.17) is 0 Å². The molecule has 0 radical (unpaired) electrons. The average molecular weight is 298 g/mol. The average Bonchev–Trinajstić information content (AvgIpc) is 2.55. The van der Waals surface area contributed by atoms with Crippen molar-refractivity contribution in [2.75, 3.05) is 36.0 Å². The fourth-order valence-electron chi connectivity index (χ4n) is 2.90. The van der Waals surface area contributed by atoms with Gasteiger partial charge in [-0.3, -0.25) is 0 Å². The molecule has 0 spiro atoms. The number of nitrogens with zero attached hydrogens (tertiary/aromatic N) is 4. The van der Waals surface area contributed by atoms with E-state index in [-0.39, 0.29) is 0 Å². The molecule has 1 aromatic heterocycles. The number of phenolic OH excluding ortho intramolecular Hbond substituents is 1. The molecule has 3 rings (SSSR count). The summed E-state index contributed by atoms with van der Waals surface area (Å²) in [7, 11) is 0. The van der Waals surface area contributed by atoms with Gasteiger partial charge in [-0.2, -0.15) is 0 Å². The predicted molar refractivity (Wildman–Crippen MR) is 88.7 cm³/mol. The first-order valence-corrected chi connectivity index (χ1v) is 7.79. The van der Waals surface area contributed by atoms with Gasteiger partial charge < -0.3 is 14.9 Å². The first-order valence-electron chi connectivity index (χ1n) is 7.79. The summed E-state index contributed by atoms with van der Waals surface area (Å²) in [6.45, 7) is 7.63. The molecule has 1 aromatic carbocycles. The highest BCUT2D eigenvalue weighted by molar-refractivity contribution is 5.59. The molecule has 0 unspecified atom stereocenters. The molecular formula is C17H22N4O. The number of para-hydroxylation sites is 2. The lowest BCUT2D eigenvalue weighted by Gasteiger charge is -2.37. The Labute approximate surface area is 131 Å². The molecule has 1 fully saturated rings. The largest absolute Gasteiger partial charge is 0.506 e. The molecule has 0 bridgehead atoms. The van der Waals surface area contributed by atoms with Crippen LogP contribution in [0.1, 0.15) is 18.3 Å². The fourth-order valence-corrected chi connectivity index (χ4v) is 2.90. The smallest absolute Gasteiger partial charge is 0.138 e. The van der Waals surface area contributed by atoms with Crippen LogP contribution in [0.15, 0.2) is 30.5 Å². The summed E-state index contributed by atoms with van der Waals surface area (Å²) < 4.78 is 0. The number of anilines is 2. The van der Waals surface area contributed by atoms with Crippen LogP contribution < -0.4 is 9.80 Å². The summed E-state index contributed by atoms with van der Waals surface area (Å²) in [5.74, 6) is 2.23. The quantitative estimate of drug-likeness (QED) is 0.943. The molecule has 1 saturated heterocycles. The van der Waals surface area contributed by atoms with Crippen LogP contribution in [0, 0.1) is 6.92 Å². The van der Waals surface area contributed by atoms with E-state index < -0.39 is 0 Å². The molecule has 1 N–H and O–H groups in total. The zero-order valence-corrected chi connectivity index (χ0v) is 13.2. The van der Waals surface area contributed by atoms with Crippen LogP contribution in [-0.2, 0) is 6.42 Å². The van der Waals surface area contributed by atoms with Crippen molar-refractivity contribution in [1.29, 1.82) is 0 Å². The van der Waals surface area contributed by atoms with E-state index in [2.05, 4.69) is 26.7 Å². The lowest BCUT2D eigenvalue weighted by molar-refractivity contribution is 0.472. The molecule has 5 nitrogen and oxygen atoms in total. The number of aryl methyl sites for hydroxylation is 2. The molecule has 116 valence electrons. The third-order valence-electron chi connectivity index (χ3n) is 4.14. The highest BCUT2D eigenvalue weighted by Crippen LogP contribution is 2.28. The first-order chi connectivity index (χ1) is 10.7. The number of phenols is 1. The number of aromatic hydroxyl groups is 1. The Morgan fingerprint density at radius 1 is 1.09 bits per heavy atom. The van der Waals surface area contributed by atoms with Gasteiger partial charge in [0, 0.05) is 37.9 Å². The lowest BCUT2D eigenvalue weighted by Crippen LogP contribution is -2.47. The lowest BCUT2D eigenvalue weighted by atomic mass is 10.2. The molecule has 2 aromatic rings. The summed E-state index contributed by atoms with van der Waals surface area (Å²) in [6, 6.07) is 7.53. The van der Waals surface area contributed by atoms with Gasteiger partial charge in [0.05, 0.1) is 5.69 Å². The van der Waals surface area contributed by atoms with Crippen molar-refractivity contribution in [1.82, 2.24) is 9.97 Å². The predicted octanol–water partition coefficient (Wildman–Crippen LogP) is 2.38. The Kier molecular flexibility index (Phi) is 4.13. The maximum absolute atomic E-state index is 9.99. The highest BCUT2D eigenvalue weighted by atomic mass is 16.3. The Morgan fingerprint density at radius 2 is 1.77 bits per heavy atom. The first kappa shape index (κ1) is 14.6. The Morgan fingerprint density at radius 3 is 2.45 bits per heavy atom. The van der Waals surface area contributed by atoms with Crippen LogP contribution in [0.3, 0.4) is 0 Å². The number of aromatic nitrogens is 2. The van der Waals surface area contributed by atoms with Crippen molar-refractivity contribution in [2.24, 2.45) is 0 Å².